The van der Waals surface area contributed by atoms with Crippen LogP contribution in [0.1, 0.15) is 25.7 Å². The molecule has 2 aliphatic carbocycles. The molecule has 2 atom stereocenters. The van der Waals surface area contributed by atoms with Crippen LogP contribution in [0, 0.1) is 11.8 Å². The molecule has 0 bridgehead atoms. The number of nitrogens with one attached hydrogen (secondary N) is 1. The molecule has 7 nitrogen and oxygen atoms in total. The number of carbonyl (C=O) groups excluding carboxylic acids is 4. The Hall–Kier alpha value is -2.18. The molecule has 1 aliphatic heterocycles. The van der Waals surface area contributed by atoms with Gasteiger partial charge in [0.25, 0.3) is 5.91 Å². The third-order valence-electron chi connectivity index (χ3n) is 4.19. The minimum atomic E-state index is -0.737. The SMILES string of the molecule is O=C(COC(=O)CN1C(=O)C2CC=CCC2C1=O)NC1CC1. The number of hydrogen-bond donors (Lipinski definition) is 1. The summed E-state index contributed by atoms with van der Waals surface area (Å²) in [6.07, 6.45) is 6.74. The number of hydrogen-bond acceptors (Lipinski definition) is 5. The number of likely N-dealkylation sites (tertiary alicyclic amines) is 1. The zero-order valence-corrected chi connectivity index (χ0v) is 12.1. The fourth-order valence-electron chi connectivity index (χ4n) is 2.84. The van der Waals surface area contributed by atoms with Crippen LogP contribution in [0.2, 0.25) is 0 Å². The van der Waals surface area contributed by atoms with Crippen LogP contribution in [-0.4, -0.2) is 47.8 Å². The van der Waals surface area contributed by atoms with Crippen molar-refractivity contribution in [1.29, 1.82) is 0 Å². The molecule has 0 aromatic rings. The Morgan fingerprint density at radius 2 is 1.73 bits per heavy atom. The highest BCUT2D eigenvalue weighted by molar-refractivity contribution is 6.07. The summed E-state index contributed by atoms with van der Waals surface area (Å²) in [6, 6.07) is 0.198. The van der Waals surface area contributed by atoms with Gasteiger partial charge in [0.15, 0.2) is 6.61 Å². The molecule has 1 heterocycles. The number of nitrogens with zero attached hydrogens (tertiary/aromatic N) is 1. The van der Waals surface area contributed by atoms with E-state index >= 15 is 0 Å². The second kappa shape index (κ2) is 5.90. The first-order valence-corrected chi connectivity index (χ1v) is 7.51. The number of rotatable bonds is 5. The number of amides is 3. The van der Waals surface area contributed by atoms with E-state index in [9.17, 15) is 19.2 Å². The average Bonchev–Trinajstić information content (AvgIpc) is 3.29. The van der Waals surface area contributed by atoms with Crippen molar-refractivity contribution >= 4 is 23.7 Å². The van der Waals surface area contributed by atoms with Crippen LogP contribution in [0.5, 0.6) is 0 Å². The van der Waals surface area contributed by atoms with Gasteiger partial charge in [0, 0.05) is 6.04 Å². The Kier molecular flexibility index (Phi) is 3.96. The van der Waals surface area contributed by atoms with E-state index in [1.165, 1.54) is 0 Å². The molecule has 0 aromatic heterocycles. The van der Waals surface area contributed by atoms with Gasteiger partial charge in [-0.25, -0.2) is 0 Å². The summed E-state index contributed by atoms with van der Waals surface area (Å²) in [7, 11) is 0. The van der Waals surface area contributed by atoms with Crippen molar-refractivity contribution in [3.8, 4) is 0 Å². The number of carbonyl (C=O) groups is 4. The third kappa shape index (κ3) is 3.03. The highest BCUT2D eigenvalue weighted by atomic mass is 16.5. The van der Waals surface area contributed by atoms with E-state index < -0.39 is 12.5 Å². The Morgan fingerprint density at radius 3 is 2.27 bits per heavy atom. The molecule has 1 saturated carbocycles. The topological polar surface area (TPSA) is 92.8 Å². The summed E-state index contributed by atoms with van der Waals surface area (Å²) in [4.78, 5) is 48.4. The summed E-state index contributed by atoms with van der Waals surface area (Å²) in [5, 5.41) is 2.69. The van der Waals surface area contributed by atoms with Crippen molar-refractivity contribution in [3.05, 3.63) is 12.2 Å². The van der Waals surface area contributed by atoms with Crippen LogP contribution in [0.3, 0.4) is 0 Å². The summed E-state index contributed by atoms with van der Waals surface area (Å²) in [5.74, 6) is -2.45. The van der Waals surface area contributed by atoms with E-state index in [4.69, 9.17) is 4.74 Å². The first-order valence-electron chi connectivity index (χ1n) is 7.51. The van der Waals surface area contributed by atoms with E-state index in [2.05, 4.69) is 5.32 Å². The minimum Gasteiger partial charge on any atom is -0.454 e. The first kappa shape index (κ1) is 14.7. The molecule has 22 heavy (non-hydrogen) atoms. The summed E-state index contributed by atoms with van der Waals surface area (Å²) in [6.45, 7) is -0.790. The van der Waals surface area contributed by atoms with Gasteiger partial charge in [-0.2, -0.15) is 0 Å². The van der Waals surface area contributed by atoms with Gasteiger partial charge >= 0.3 is 5.97 Å². The van der Waals surface area contributed by atoms with Crippen molar-refractivity contribution in [1.82, 2.24) is 10.2 Å². The molecule has 3 aliphatic rings. The molecule has 7 heteroatoms. The van der Waals surface area contributed by atoms with Crippen molar-refractivity contribution < 1.29 is 23.9 Å². The molecule has 0 radical (unpaired) electrons. The molecular weight excluding hydrogens is 288 g/mol. The largest absolute Gasteiger partial charge is 0.454 e. The highest BCUT2D eigenvalue weighted by Crippen LogP contribution is 2.34. The summed E-state index contributed by atoms with van der Waals surface area (Å²) in [5.41, 5.74) is 0. The number of fused-ring (bicyclic) bond motifs is 1. The number of ether oxygens (including phenoxy) is 1. The third-order valence-corrected chi connectivity index (χ3v) is 4.19. The average molecular weight is 306 g/mol. The molecule has 3 amide bonds. The molecule has 118 valence electrons. The molecule has 2 fully saturated rings. The second-order valence-corrected chi connectivity index (χ2v) is 5.92. The summed E-state index contributed by atoms with van der Waals surface area (Å²) >= 11 is 0. The maximum Gasteiger partial charge on any atom is 0.326 e. The van der Waals surface area contributed by atoms with Crippen molar-refractivity contribution in [2.45, 2.75) is 31.7 Å². The fraction of sp³-hybridized carbons (Fsp3) is 0.600. The quantitative estimate of drug-likeness (QED) is 0.430. The Bertz CT molecular complexity index is 526. The number of imide groups is 1. The lowest BCUT2D eigenvalue weighted by Gasteiger charge is -2.14. The molecule has 3 rings (SSSR count). The molecule has 0 aromatic carbocycles. The normalized spacial score (nSPS) is 26.8. The van der Waals surface area contributed by atoms with Crippen molar-refractivity contribution in [2.24, 2.45) is 11.8 Å². The fourth-order valence-corrected chi connectivity index (χ4v) is 2.84. The Labute approximate surface area is 127 Å². The predicted octanol–water partition coefficient (Wildman–Crippen LogP) is -0.241. The highest BCUT2D eigenvalue weighted by Gasteiger charge is 2.47. The first-order chi connectivity index (χ1) is 10.6. The van der Waals surface area contributed by atoms with E-state index in [1.807, 2.05) is 12.2 Å². The van der Waals surface area contributed by atoms with Gasteiger partial charge in [-0.15, -0.1) is 0 Å². The Morgan fingerprint density at radius 1 is 1.14 bits per heavy atom. The lowest BCUT2D eigenvalue weighted by atomic mass is 9.85. The van der Waals surface area contributed by atoms with Crippen LogP contribution in [-0.2, 0) is 23.9 Å². The molecule has 1 N–H and O–H groups in total. The predicted molar refractivity (Wildman–Crippen MR) is 74.2 cm³/mol. The van der Waals surface area contributed by atoms with Crippen LogP contribution in [0.4, 0.5) is 0 Å². The lowest BCUT2D eigenvalue weighted by Crippen LogP contribution is -2.38. The zero-order chi connectivity index (χ0) is 15.7. The van der Waals surface area contributed by atoms with Crippen LogP contribution < -0.4 is 5.32 Å². The zero-order valence-electron chi connectivity index (χ0n) is 12.1. The van der Waals surface area contributed by atoms with Gasteiger partial charge in [0.2, 0.25) is 11.8 Å². The van der Waals surface area contributed by atoms with E-state index in [-0.39, 0.29) is 42.2 Å². The lowest BCUT2D eigenvalue weighted by molar-refractivity contribution is -0.154. The second-order valence-electron chi connectivity index (χ2n) is 5.92. The maximum atomic E-state index is 12.2. The Balaban J connectivity index is 1.49. The molecular formula is C15H18N2O5. The smallest absolute Gasteiger partial charge is 0.326 e. The van der Waals surface area contributed by atoms with E-state index in [0.29, 0.717) is 12.8 Å². The van der Waals surface area contributed by atoms with Crippen molar-refractivity contribution in [3.63, 3.8) is 0 Å². The van der Waals surface area contributed by atoms with Gasteiger partial charge in [0.1, 0.15) is 6.54 Å². The van der Waals surface area contributed by atoms with E-state index in [1.54, 1.807) is 0 Å². The molecule has 1 saturated heterocycles. The van der Waals surface area contributed by atoms with Gasteiger partial charge in [0.05, 0.1) is 11.8 Å². The van der Waals surface area contributed by atoms with Crippen LogP contribution in [0.15, 0.2) is 12.2 Å². The van der Waals surface area contributed by atoms with Crippen LogP contribution in [0.25, 0.3) is 0 Å². The van der Waals surface area contributed by atoms with E-state index in [0.717, 1.165) is 17.7 Å². The number of esters is 1. The standard InChI is InChI=1S/C15H18N2O5/c18-12(16-9-5-6-9)8-22-13(19)7-17-14(20)10-3-1-2-4-11(10)15(17)21/h1-2,9-11H,3-8H2,(H,16,18). The monoisotopic (exact) mass is 306 g/mol. The minimum absolute atomic E-state index is 0.198. The van der Waals surface area contributed by atoms with Gasteiger partial charge in [-0.1, -0.05) is 12.2 Å². The molecule has 2 unspecified atom stereocenters. The van der Waals surface area contributed by atoms with Gasteiger partial charge < -0.3 is 10.1 Å². The van der Waals surface area contributed by atoms with Crippen molar-refractivity contribution in [2.75, 3.05) is 13.2 Å². The van der Waals surface area contributed by atoms with Gasteiger partial charge in [-0.3, -0.25) is 24.1 Å². The van der Waals surface area contributed by atoms with Crippen LogP contribution >= 0.6 is 0 Å². The van der Waals surface area contributed by atoms with Gasteiger partial charge in [-0.05, 0) is 25.7 Å². The molecule has 0 spiro atoms. The summed E-state index contributed by atoms with van der Waals surface area (Å²) < 4.78 is 4.83. The number of allylic oxidation sites excluding steroid dienone is 2. The maximum absolute atomic E-state index is 12.2.